The highest BCUT2D eigenvalue weighted by Gasteiger charge is 2.18. The van der Waals surface area contributed by atoms with Gasteiger partial charge < -0.3 is 9.47 Å². The molecule has 5 rings (SSSR count). The van der Waals surface area contributed by atoms with Crippen LogP contribution >= 0.6 is 0 Å². The molecule has 2 aromatic heterocycles. The number of benzene rings is 2. The molecule has 1 aliphatic heterocycles. The highest BCUT2D eigenvalue weighted by atomic mass is 15.2. The molecule has 2 aromatic carbocycles. The summed E-state index contributed by atoms with van der Waals surface area (Å²) in [5, 5.41) is 1.21. The lowest BCUT2D eigenvalue weighted by Gasteiger charge is -2.33. The summed E-state index contributed by atoms with van der Waals surface area (Å²) in [6.07, 6.45) is 6.52. The minimum Gasteiger partial charge on any atom is -0.324 e. The smallest absolute Gasteiger partial charge is 0.160 e. The van der Waals surface area contributed by atoms with Crippen molar-refractivity contribution in [1.29, 1.82) is 0 Å². The summed E-state index contributed by atoms with van der Waals surface area (Å²) in [4.78, 5) is 12.6. The van der Waals surface area contributed by atoms with Gasteiger partial charge in [0.2, 0.25) is 0 Å². The highest BCUT2D eigenvalue weighted by Crippen LogP contribution is 2.28. The van der Waals surface area contributed by atoms with Gasteiger partial charge in [0.15, 0.2) is 5.65 Å². The standard InChI is InChI=1S/C24H28N4/c1-18-10-6-7-15-27(18)16-8-9-17-28-22-14-5-2-11-19(22)23-24(28)26-21-13-4-3-12-20(21)25-23/h2-5,11-14,18H,6-10,15-17H2,1H3. The fourth-order valence-corrected chi connectivity index (χ4v) is 4.68. The number of para-hydroxylation sites is 3. The molecule has 0 amide bonds. The monoisotopic (exact) mass is 372 g/mol. The minimum absolute atomic E-state index is 0.749. The van der Waals surface area contributed by atoms with Gasteiger partial charge in [-0.2, -0.15) is 0 Å². The SMILES string of the molecule is CC1CCCCN1CCCCn1c2ccccc2c2nc3ccccc3nc21. The van der Waals surface area contributed by atoms with Gasteiger partial charge in [-0.25, -0.2) is 9.97 Å². The van der Waals surface area contributed by atoms with Crippen LogP contribution in [0.2, 0.25) is 0 Å². The molecule has 4 aromatic rings. The number of nitrogens with zero attached hydrogens (tertiary/aromatic N) is 4. The molecule has 1 atom stereocenters. The lowest BCUT2D eigenvalue weighted by Crippen LogP contribution is -2.38. The van der Waals surface area contributed by atoms with Crippen LogP contribution in [0.15, 0.2) is 48.5 Å². The summed E-state index contributed by atoms with van der Waals surface area (Å²) in [5.74, 6) is 0. The number of aryl methyl sites for hydroxylation is 1. The van der Waals surface area contributed by atoms with E-state index in [1.807, 2.05) is 18.2 Å². The van der Waals surface area contributed by atoms with Gasteiger partial charge in [0, 0.05) is 18.0 Å². The molecule has 0 saturated carbocycles. The molecule has 0 bridgehead atoms. The Hall–Kier alpha value is -2.46. The van der Waals surface area contributed by atoms with Crippen molar-refractivity contribution in [3.8, 4) is 0 Å². The van der Waals surface area contributed by atoms with Crippen molar-refractivity contribution in [3.05, 3.63) is 48.5 Å². The first-order valence-corrected chi connectivity index (χ1v) is 10.7. The average Bonchev–Trinajstić information content (AvgIpc) is 3.04. The maximum absolute atomic E-state index is 4.99. The Bertz CT molecular complexity index is 1110. The van der Waals surface area contributed by atoms with Gasteiger partial charge in [-0.15, -0.1) is 0 Å². The van der Waals surface area contributed by atoms with E-state index in [1.165, 1.54) is 56.1 Å². The van der Waals surface area contributed by atoms with E-state index in [9.17, 15) is 0 Å². The fourth-order valence-electron chi connectivity index (χ4n) is 4.68. The van der Waals surface area contributed by atoms with Crippen molar-refractivity contribution < 1.29 is 0 Å². The quantitative estimate of drug-likeness (QED) is 0.440. The van der Waals surface area contributed by atoms with Crippen molar-refractivity contribution in [2.45, 2.75) is 51.6 Å². The summed E-state index contributed by atoms with van der Waals surface area (Å²) >= 11 is 0. The summed E-state index contributed by atoms with van der Waals surface area (Å²) in [6.45, 7) is 5.87. The van der Waals surface area contributed by atoms with Gasteiger partial charge in [0.25, 0.3) is 0 Å². The van der Waals surface area contributed by atoms with E-state index in [4.69, 9.17) is 9.97 Å². The number of fused-ring (bicyclic) bond motifs is 4. The third-order valence-electron chi connectivity index (χ3n) is 6.28. The molecule has 0 radical (unpaired) electrons. The van der Waals surface area contributed by atoms with Gasteiger partial charge in [0.1, 0.15) is 5.52 Å². The van der Waals surface area contributed by atoms with E-state index in [-0.39, 0.29) is 0 Å². The Balaban J connectivity index is 1.43. The second-order valence-corrected chi connectivity index (χ2v) is 8.14. The van der Waals surface area contributed by atoms with Crippen molar-refractivity contribution in [3.63, 3.8) is 0 Å². The van der Waals surface area contributed by atoms with Crippen molar-refractivity contribution in [2.24, 2.45) is 0 Å². The molecule has 144 valence electrons. The first-order chi connectivity index (χ1) is 13.8. The van der Waals surface area contributed by atoms with Crippen LogP contribution < -0.4 is 0 Å². The zero-order valence-electron chi connectivity index (χ0n) is 16.6. The molecule has 1 saturated heterocycles. The van der Waals surface area contributed by atoms with E-state index < -0.39 is 0 Å². The lowest BCUT2D eigenvalue weighted by atomic mass is 10.0. The van der Waals surface area contributed by atoms with E-state index in [2.05, 4.69) is 46.7 Å². The highest BCUT2D eigenvalue weighted by molar-refractivity contribution is 6.06. The Kier molecular flexibility index (Phi) is 4.73. The molecule has 0 spiro atoms. The third-order valence-corrected chi connectivity index (χ3v) is 6.28. The Labute approximate surface area is 166 Å². The number of hydrogen-bond acceptors (Lipinski definition) is 3. The van der Waals surface area contributed by atoms with Crippen LogP contribution in [-0.4, -0.2) is 38.6 Å². The van der Waals surface area contributed by atoms with Crippen LogP contribution in [0, 0.1) is 0 Å². The molecular weight excluding hydrogens is 344 g/mol. The van der Waals surface area contributed by atoms with Crippen molar-refractivity contribution in [2.75, 3.05) is 13.1 Å². The largest absolute Gasteiger partial charge is 0.324 e. The maximum atomic E-state index is 4.99. The molecule has 1 aliphatic rings. The molecule has 1 unspecified atom stereocenters. The van der Waals surface area contributed by atoms with E-state index in [0.29, 0.717) is 0 Å². The zero-order valence-corrected chi connectivity index (χ0v) is 16.6. The predicted octanol–water partition coefficient (Wildman–Crippen LogP) is 5.39. The molecule has 4 nitrogen and oxygen atoms in total. The van der Waals surface area contributed by atoms with Gasteiger partial charge in [-0.3, -0.25) is 0 Å². The maximum Gasteiger partial charge on any atom is 0.160 e. The Morgan fingerprint density at radius 1 is 0.893 bits per heavy atom. The molecule has 28 heavy (non-hydrogen) atoms. The minimum atomic E-state index is 0.749. The first kappa shape index (κ1) is 17.6. The number of piperidine rings is 1. The summed E-state index contributed by atoms with van der Waals surface area (Å²) < 4.78 is 2.38. The molecule has 4 heteroatoms. The summed E-state index contributed by atoms with van der Waals surface area (Å²) in [7, 11) is 0. The topological polar surface area (TPSA) is 34.0 Å². The molecule has 3 heterocycles. The summed E-state index contributed by atoms with van der Waals surface area (Å²) in [6, 6.07) is 17.5. The van der Waals surface area contributed by atoms with Crippen LogP contribution in [0.3, 0.4) is 0 Å². The van der Waals surface area contributed by atoms with Crippen LogP contribution in [-0.2, 0) is 6.54 Å². The lowest BCUT2D eigenvalue weighted by molar-refractivity contribution is 0.157. The van der Waals surface area contributed by atoms with Gasteiger partial charge >= 0.3 is 0 Å². The number of hydrogen-bond donors (Lipinski definition) is 0. The van der Waals surface area contributed by atoms with E-state index >= 15 is 0 Å². The van der Waals surface area contributed by atoms with E-state index in [1.54, 1.807) is 0 Å². The number of unbranched alkanes of at least 4 members (excludes halogenated alkanes) is 1. The predicted molar refractivity (Wildman–Crippen MR) is 117 cm³/mol. The van der Waals surface area contributed by atoms with Crippen LogP contribution in [0.4, 0.5) is 0 Å². The molecule has 0 aliphatic carbocycles. The fraction of sp³-hybridized carbons (Fsp3) is 0.417. The Morgan fingerprint density at radius 2 is 1.64 bits per heavy atom. The molecular formula is C24H28N4. The van der Waals surface area contributed by atoms with Gasteiger partial charge in [-0.05, 0) is 63.9 Å². The second kappa shape index (κ2) is 7.51. The van der Waals surface area contributed by atoms with Crippen LogP contribution in [0.25, 0.3) is 33.1 Å². The number of aromatic nitrogens is 3. The molecule has 1 fully saturated rings. The van der Waals surface area contributed by atoms with E-state index in [0.717, 1.165) is 34.8 Å². The normalized spacial score (nSPS) is 18.4. The summed E-state index contributed by atoms with van der Waals surface area (Å²) in [5.41, 5.74) is 5.24. The third kappa shape index (κ3) is 3.16. The Morgan fingerprint density at radius 3 is 2.50 bits per heavy atom. The van der Waals surface area contributed by atoms with Gasteiger partial charge in [0.05, 0.1) is 16.6 Å². The van der Waals surface area contributed by atoms with Crippen LogP contribution in [0.5, 0.6) is 0 Å². The number of rotatable bonds is 5. The first-order valence-electron chi connectivity index (χ1n) is 10.7. The molecule has 0 N–H and O–H groups in total. The van der Waals surface area contributed by atoms with Crippen LogP contribution in [0.1, 0.15) is 39.0 Å². The average molecular weight is 373 g/mol. The van der Waals surface area contributed by atoms with Crippen molar-refractivity contribution >= 4 is 33.1 Å². The second-order valence-electron chi connectivity index (χ2n) is 8.14. The van der Waals surface area contributed by atoms with Gasteiger partial charge in [-0.1, -0.05) is 36.8 Å². The van der Waals surface area contributed by atoms with Crippen molar-refractivity contribution in [1.82, 2.24) is 19.4 Å². The zero-order chi connectivity index (χ0) is 18.9. The number of likely N-dealkylation sites (tertiary alicyclic amines) is 1.